The van der Waals surface area contributed by atoms with Crippen molar-refractivity contribution in [3.63, 3.8) is 0 Å². The third-order valence-corrected chi connectivity index (χ3v) is 8.41. The lowest BCUT2D eigenvalue weighted by Crippen LogP contribution is -2.48. The molecule has 3 aliphatic rings. The lowest BCUT2D eigenvalue weighted by atomic mass is 9.78. The Balaban J connectivity index is 1.63. The maximum absolute atomic E-state index is 10.2. The van der Waals surface area contributed by atoms with Crippen molar-refractivity contribution in [1.29, 1.82) is 0 Å². The molecule has 3 fully saturated rings. The monoisotopic (exact) mass is 380 g/mol. The van der Waals surface area contributed by atoms with E-state index in [9.17, 15) is 5.11 Å². The highest BCUT2D eigenvalue weighted by Gasteiger charge is 2.39. The van der Waals surface area contributed by atoms with Gasteiger partial charge in [-0.3, -0.25) is 0 Å². The summed E-state index contributed by atoms with van der Waals surface area (Å²) in [6.07, 6.45) is 12.2. The van der Waals surface area contributed by atoms with Crippen LogP contribution in [-0.2, 0) is 0 Å². The molecular formula is C22H40N2OS. The zero-order valence-corrected chi connectivity index (χ0v) is 17.9. The highest BCUT2D eigenvalue weighted by Crippen LogP contribution is 2.38. The van der Waals surface area contributed by atoms with Gasteiger partial charge in [-0.15, -0.1) is 0 Å². The molecule has 7 unspecified atom stereocenters. The van der Waals surface area contributed by atoms with Crippen LogP contribution in [-0.4, -0.2) is 41.3 Å². The summed E-state index contributed by atoms with van der Waals surface area (Å²) in [6.45, 7) is 10.3. The van der Waals surface area contributed by atoms with Crippen molar-refractivity contribution in [2.24, 2.45) is 23.7 Å². The summed E-state index contributed by atoms with van der Waals surface area (Å²) in [6, 6.07) is 0.918. The number of fused-ring (bicyclic) bond motifs is 1. The van der Waals surface area contributed by atoms with E-state index in [0.29, 0.717) is 29.2 Å². The van der Waals surface area contributed by atoms with Crippen molar-refractivity contribution >= 4 is 11.8 Å². The number of hydrogen-bond acceptors (Lipinski definition) is 4. The molecule has 0 aromatic heterocycles. The van der Waals surface area contributed by atoms with Crippen LogP contribution in [0.2, 0.25) is 0 Å². The first-order valence-electron chi connectivity index (χ1n) is 10.9. The standard InChI is InChI=1S/C22H40N2OS/c1-14(2)21(16-10-11-19(25)20(12-16)26-4)24-15(3)22-18-9-7-5-6-8-17(18)13-23-22/h14,16-25H,3,5-13H2,1-2,4H3. The van der Waals surface area contributed by atoms with E-state index in [1.54, 1.807) is 0 Å². The summed E-state index contributed by atoms with van der Waals surface area (Å²) >= 11 is 1.84. The lowest BCUT2D eigenvalue weighted by molar-refractivity contribution is 0.0979. The zero-order chi connectivity index (χ0) is 18.7. The Kier molecular flexibility index (Phi) is 7.38. The Labute approximate surface area is 165 Å². The van der Waals surface area contributed by atoms with Gasteiger partial charge >= 0.3 is 0 Å². The maximum Gasteiger partial charge on any atom is 0.0658 e. The molecule has 1 heterocycles. The van der Waals surface area contributed by atoms with Gasteiger partial charge in [0, 0.05) is 23.0 Å². The topological polar surface area (TPSA) is 44.3 Å². The van der Waals surface area contributed by atoms with E-state index < -0.39 is 0 Å². The second-order valence-corrected chi connectivity index (χ2v) is 10.4. The van der Waals surface area contributed by atoms with Crippen LogP contribution in [0.25, 0.3) is 0 Å². The summed E-state index contributed by atoms with van der Waals surface area (Å²) in [5.41, 5.74) is 1.23. The van der Waals surface area contributed by atoms with Gasteiger partial charge in [-0.1, -0.05) is 39.7 Å². The lowest BCUT2D eigenvalue weighted by Gasteiger charge is -2.40. The molecule has 1 aliphatic heterocycles. The molecule has 26 heavy (non-hydrogen) atoms. The summed E-state index contributed by atoms with van der Waals surface area (Å²) in [7, 11) is 0. The Hall–Kier alpha value is -0.190. The third-order valence-electron chi connectivity index (χ3n) is 7.30. The van der Waals surface area contributed by atoms with E-state index in [-0.39, 0.29) is 6.10 Å². The van der Waals surface area contributed by atoms with Crippen molar-refractivity contribution < 1.29 is 5.11 Å². The molecule has 0 bridgehead atoms. The Morgan fingerprint density at radius 2 is 1.92 bits per heavy atom. The molecule has 0 aromatic carbocycles. The molecule has 150 valence electrons. The van der Waals surface area contributed by atoms with Crippen LogP contribution in [0.15, 0.2) is 12.3 Å². The van der Waals surface area contributed by atoms with Gasteiger partial charge in [0.15, 0.2) is 0 Å². The minimum absolute atomic E-state index is 0.125. The van der Waals surface area contributed by atoms with Crippen LogP contribution in [0.5, 0.6) is 0 Å². The fraction of sp³-hybridized carbons (Fsp3) is 0.909. The molecule has 3 rings (SSSR count). The van der Waals surface area contributed by atoms with E-state index >= 15 is 0 Å². The molecule has 3 nitrogen and oxygen atoms in total. The number of hydrogen-bond donors (Lipinski definition) is 3. The molecule has 1 saturated heterocycles. The van der Waals surface area contributed by atoms with E-state index in [2.05, 4.69) is 37.3 Å². The Morgan fingerprint density at radius 1 is 1.15 bits per heavy atom. The normalized spacial score (nSPS) is 39.3. The van der Waals surface area contributed by atoms with Crippen molar-refractivity contribution in [1.82, 2.24) is 10.6 Å². The molecule has 3 N–H and O–H groups in total. The highest BCUT2D eigenvalue weighted by atomic mass is 32.2. The minimum atomic E-state index is -0.125. The first kappa shape index (κ1) is 20.5. The van der Waals surface area contributed by atoms with Gasteiger partial charge in [0.1, 0.15) is 0 Å². The molecule has 0 radical (unpaired) electrons. The van der Waals surface area contributed by atoms with Crippen LogP contribution >= 0.6 is 11.8 Å². The van der Waals surface area contributed by atoms with Gasteiger partial charge in [0.2, 0.25) is 0 Å². The number of aliphatic hydroxyl groups excluding tert-OH is 1. The number of rotatable bonds is 6. The third kappa shape index (κ3) is 4.62. The average Bonchev–Trinajstić information content (AvgIpc) is 2.88. The van der Waals surface area contributed by atoms with Crippen molar-refractivity contribution in [3.8, 4) is 0 Å². The average molecular weight is 381 g/mol. The summed E-state index contributed by atoms with van der Waals surface area (Å²) < 4.78 is 0. The molecule has 0 aromatic rings. The number of thioether (sulfide) groups is 1. The van der Waals surface area contributed by atoms with Crippen molar-refractivity contribution in [3.05, 3.63) is 12.3 Å². The van der Waals surface area contributed by atoms with Crippen molar-refractivity contribution in [2.75, 3.05) is 12.8 Å². The molecule has 2 aliphatic carbocycles. The first-order valence-corrected chi connectivity index (χ1v) is 12.2. The van der Waals surface area contributed by atoms with Crippen LogP contribution < -0.4 is 10.6 Å². The maximum atomic E-state index is 10.2. The summed E-state index contributed by atoms with van der Waals surface area (Å²) in [4.78, 5) is 0. The molecule has 2 saturated carbocycles. The van der Waals surface area contributed by atoms with Crippen LogP contribution in [0.3, 0.4) is 0 Å². The smallest absolute Gasteiger partial charge is 0.0658 e. The predicted molar refractivity (Wildman–Crippen MR) is 113 cm³/mol. The minimum Gasteiger partial charge on any atom is -0.392 e. The van der Waals surface area contributed by atoms with Gasteiger partial charge < -0.3 is 15.7 Å². The fourth-order valence-corrected chi connectivity index (χ4v) is 6.66. The predicted octanol–water partition coefficient (Wildman–Crippen LogP) is 4.18. The first-order chi connectivity index (χ1) is 12.5. The van der Waals surface area contributed by atoms with Gasteiger partial charge in [0.25, 0.3) is 0 Å². The SMILES string of the molecule is C=C(NC(C(C)C)C1CCC(O)C(SC)C1)C1NCC2CCCCCC21. The fourth-order valence-electron chi connectivity index (χ4n) is 5.77. The van der Waals surface area contributed by atoms with E-state index in [1.807, 2.05) is 11.8 Å². The van der Waals surface area contributed by atoms with Crippen LogP contribution in [0, 0.1) is 23.7 Å². The van der Waals surface area contributed by atoms with E-state index in [0.717, 1.165) is 31.1 Å². The second kappa shape index (κ2) is 9.34. The van der Waals surface area contributed by atoms with Gasteiger partial charge in [-0.25, -0.2) is 0 Å². The van der Waals surface area contributed by atoms with Crippen molar-refractivity contribution in [2.45, 2.75) is 88.7 Å². The quantitative estimate of drug-likeness (QED) is 0.647. The Morgan fingerprint density at radius 3 is 2.65 bits per heavy atom. The van der Waals surface area contributed by atoms with Gasteiger partial charge in [0.05, 0.1) is 6.10 Å². The van der Waals surface area contributed by atoms with Gasteiger partial charge in [-0.05, 0) is 68.6 Å². The molecule has 0 amide bonds. The Bertz CT molecular complexity index is 469. The molecular weight excluding hydrogens is 340 g/mol. The number of nitrogens with one attached hydrogen (secondary N) is 2. The van der Waals surface area contributed by atoms with Crippen LogP contribution in [0.1, 0.15) is 65.2 Å². The van der Waals surface area contributed by atoms with Crippen LogP contribution in [0.4, 0.5) is 0 Å². The molecule has 7 atom stereocenters. The summed E-state index contributed by atoms with van der Waals surface area (Å²) in [5, 5.41) is 18.3. The van der Waals surface area contributed by atoms with Gasteiger partial charge in [-0.2, -0.15) is 11.8 Å². The zero-order valence-electron chi connectivity index (χ0n) is 17.0. The summed E-state index contributed by atoms with van der Waals surface area (Å²) in [5.74, 6) is 2.85. The second-order valence-electron chi connectivity index (χ2n) is 9.30. The largest absolute Gasteiger partial charge is 0.392 e. The molecule has 0 spiro atoms. The van der Waals surface area contributed by atoms with E-state index in [4.69, 9.17) is 0 Å². The number of aliphatic hydroxyl groups is 1. The molecule has 4 heteroatoms. The van der Waals surface area contributed by atoms with E-state index in [1.165, 1.54) is 44.3 Å². The highest BCUT2D eigenvalue weighted by molar-refractivity contribution is 7.99.